The number of carbonyl (C=O) groups excluding carboxylic acids is 1. The lowest BCUT2D eigenvalue weighted by Gasteiger charge is -2.07. The lowest BCUT2D eigenvalue weighted by atomic mass is 10.2. The first kappa shape index (κ1) is 19.5. The van der Waals surface area contributed by atoms with Gasteiger partial charge in [-0.15, -0.1) is 0 Å². The van der Waals surface area contributed by atoms with E-state index in [1.807, 2.05) is 6.92 Å². The summed E-state index contributed by atoms with van der Waals surface area (Å²) < 4.78 is 26.7. The standard InChI is InChI=1S/C17H21N5O3S/c1-13-3-6-15(7-4-13)26(24,25)22-10-2-9-19-16(23)8-5-14-11-20-17(18)21-12-14/h3-8,11-12,22H,2,9-10H2,1H3,(H,19,23)(H2,18,20,21). The molecule has 0 aliphatic rings. The van der Waals surface area contributed by atoms with Gasteiger partial charge in [0.25, 0.3) is 0 Å². The molecule has 26 heavy (non-hydrogen) atoms. The minimum Gasteiger partial charge on any atom is -0.368 e. The molecule has 0 radical (unpaired) electrons. The lowest BCUT2D eigenvalue weighted by Crippen LogP contribution is -2.29. The number of amides is 1. The van der Waals surface area contributed by atoms with Crippen molar-refractivity contribution in [3.63, 3.8) is 0 Å². The Labute approximate surface area is 152 Å². The minimum atomic E-state index is -3.53. The predicted molar refractivity (Wildman–Crippen MR) is 99.5 cm³/mol. The Morgan fingerprint density at radius 3 is 2.46 bits per heavy atom. The summed E-state index contributed by atoms with van der Waals surface area (Å²) in [5, 5.41) is 2.67. The molecule has 1 amide bonds. The summed E-state index contributed by atoms with van der Waals surface area (Å²) in [6.07, 6.45) is 6.40. The van der Waals surface area contributed by atoms with Gasteiger partial charge in [0.15, 0.2) is 0 Å². The van der Waals surface area contributed by atoms with E-state index in [2.05, 4.69) is 20.0 Å². The lowest BCUT2D eigenvalue weighted by molar-refractivity contribution is -0.116. The molecule has 0 fully saturated rings. The van der Waals surface area contributed by atoms with Crippen LogP contribution in [-0.2, 0) is 14.8 Å². The van der Waals surface area contributed by atoms with Crippen LogP contribution in [0, 0.1) is 6.92 Å². The van der Waals surface area contributed by atoms with Crippen molar-refractivity contribution in [1.29, 1.82) is 0 Å². The minimum absolute atomic E-state index is 0.166. The fourth-order valence-corrected chi connectivity index (χ4v) is 3.05. The van der Waals surface area contributed by atoms with Gasteiger partial charge >= 0.3 is 0 Å². The van der Waals surface area contributed by atoms with Crippen molar-refractivity contribution in [2.24, 2.45) is 0 Å². The molecule has 0 aliphatic heterocycles. The first-order valence-corrected chi connectivity index (χ1v) is 9.45. The van der Waals surface area contributed by atoms with Gasteiger partial charge in [0.2, 0.25) is 21.9 Å². The van der Waals surface area contributed by atoms with Crippen molar-refractivity contribution in [2.75, 3.05) is 18.8 Å². The average Bonchev–Trinajstić information content (AvgIpc) is 2.61. The highest BCUT2D eigenvalue weighted by atomic mass is 32.2. The maximum Gasteiger partial charge on any atom is 0.244 e. The van der Waals surface area contributed by atoms with Crippen LogP contribution in [0.2, 0.25) is 0 Å². The van der Waals surface area contributed by atoms with E-state index in [-0.39, 0.29) is 23.3 Å². The molecule has 8 nitrogen and oxygen atoms in total. The van der Waals surface area contributed by atoms with Crippen molar-refractivity contribution in [3.05, 3.63) is 53.9 Å². The van der Waals surface area contributed by atoms with E-state index in [9.17, 15) is 13.2 Å². The molecule has 0 aliphatic carbocycles. The molecule has 2 aromatic rings. The van der Waals surface area contributed by atoms with Crippen molar-refractivity contribution >= 4 is 28.0 Å². The number of nitrogens with one attached hydrogen (secondary N) is 2. The van der Waals surface area contributed by atoms with E-state index in [0.717, 1.165) is 5.56 Å². The van der Waals surface area contributed by atoms with Gasteiger partial charge in [-0.25, -0.2) is 23.1 Å². The second kappa shape index (κ2) is 9.07. The Bertz CT molecular complexity index is 862. The number of nitrogens with zero attached hydrogens (tertiary/aromatic N) is 2. The highest BCUT2D eigenvalue weighted by molar-refractivity contribution is 7.89. The molecule has 0 spiro atoms. The van der Waals surface area contributed by atoms with Gasteiger partial charge in [-0.3, -0.25) is 4.79 Å². The van der Waals surface area contributed by atoms with Crippen molar-refractivity contribution < 1.29 is 13.2 Å². The number of rotatable bonds is 8. The van der Waals surface area contributed by atoms with Crippen LogP contribution in [0.5, 0.6) is 0 Å². The normalized spacial score (nSPS) is 11.6. The number of carbonyl (C=O) groups is 1. The highest BCUT2D eigenvalue weighted by Gasteiger charge is 2.12. The third kappa shape index (κ3) is 6.26. The van der Waals surface area contributed by atoms with Crippen molar-refractivity contribution in [1.82, 2.24) is 20.0 Å². The third-order valence-corrected chi connectivity index (χ3v) is 4.87. The number of sulfonamides is 1. The van der Waals surface area contributed by atoms with Crippen LogP contribution in [-0.4, -0.2) is 37.4 Å². The van der Waals surface area contributed by atoms with Crippen LogP contribution in [0.15, 0.2) is 47.6 Å². The number of nitrogen functional groups attached to an aromatic ring is 1. The number of benzene rings is 1. The molecule has 138 valence electrons. The van der Waals surface area contributed by atoms with E-state index in [1.165, 1.54) is 18.5 Å². The molecule has 9 heteroatoms. The summed E-state index contributed by atoms with van der Waals surface area (Å²) in [5.41, 5.74) is 7.02. The number of nitrogens with two attached hydrogens (primary N) is 1. The Morgan fingerprint density at radius 2 is 1.81 bits per heavy atom. The van der Waals surface area contributed by atoms with Gasteiger partial charge in [0, 0.05) is 37.1 Å². The molecule has 0 bridgehead atoms. The zero-order chi connectivity index (χ0) is 19.0. The number of aromatic nitrogens is 2. The van der Waals surface area contributed by atoms with Crippen LogP contribution in [0.4, 0.5) is 5.95 Å². The van der Waals surface area contributed by atoms with E-state index < -0.39 is 10.0 Å². The molecule has 4 N–H and O–H groups in total. The van der Waals surface area contributed by atoms with Crippen LogP contribution in [0.1, 0.15) is 17.5 Å². The number of hydrogen-bond acceptors (Lipinski definition) is 6. The summed E-state index contributed by atoms with van der Waals surface area (Å²) in [4.78, 5) is 19.5. The maximum atomic E-state index is 12.1. The van der Waals surface area contributed by atoms with Gasteiger partial charge in [-0.1, -0.05) is 17.7 Å². The smallest absolute Gasteiger partial charge is 0.244 e. The van der Waals surface area contributed by atoms with Crippen molar-refractivity contribution in [2.45, 2.75) is 18.2 Å². The Hall–Kier alpha value is -2.78. The van der Waals surface area contributed by atoms with Crippen LogP contribution >= 0.6 is 0 Å². The molecule has 0 unspecified atom stereocenters. The second-order valence-electron chi connectivity index (χ2n) is 5.56. The second-order valence-corrected chi connectivity index (χ2v) is 7.33. The molecule has 1 aromatic carbocycles. The quantitative estimate of drug-likeness (QED) is 0.464. The Kier molecular flexibility index (Phi) is 6.81. The number of anilines is 1. The maximum absolute atomic E-state index is 12.1. The van der Waals surface area contributed by atoms with Crippen molar-refractivity contribution in [3.8, 4) is 0 Å². The molecule has 0 atom stereocenters. The first-order valence-electron chi connectivity index (χ1n) is 7.96. The molecule has 1 heterocycles. The molecule has 0 saturated carbocycles. The number of aryl methyl sites for hydroxylation is 1. The highest BCUT2D eigenvalue weighted by Crippen LogP contribution is 2.09. The topological polar surface area (TPSA) is 127 Å². The molecule has 1 aromatic heterocycles. The van der Waals surface area contributed by atoms with Crippen LogP contribution < -0.4 is 15.8 Å². The number of hydrogen-bond donors (Lipinski definition) is 3. The van der Waals surface area contributed by atoms with E-state index in [1.54, 1.807) is 30.3 Å². The largest absolute Gasteiger partial charge is 0.368 e. The molecule has 0 saturated heterocycles. The predicted octanol–water partition coefficient (Wildman–Crippen LogP) is 0.865. The summed E-state index contributed by atoms with van der Waals surface area (Å²) >= 11 is 0. The van der Waals surface area contributed by atoms with E-state index >= 15 is 0 Å². The summed E-state index contributed by atoms with van der Waals surface area (Å²) in [6.45, 7) is 2.46. The fourth-order valence-electron chi connectivity index (χ4n) is 1.97. The summed E-state index contributed by atoms with van der Waals surface area (Å²) in [5.74, 6) is -0.122. The molecule has 2 rings (SSSR count). The van der Waals surface area contributed by atoms with Crippen LogP contribution in [0.25, 0.3) is 6.08 Å². The SMILES string of the molecule is Cc1ccc(S(=O)(=O)NCCCNC(=O)C=Cc2cnc(N)nc2)cc1. The van der Waals surface area contributed by atoms with Gasteiger partial charge in [-0.05, 0) is 31.6 Å². The van der Waals surface area contributed by atoms with Gasteiger partial charge < -0.3 is 11.1 Å². The summed E-state index contributed by atoms with van der Waals surface area (Å²) in [6, 6.07) is 6.61. The summed E-state index contributed by atoms with van der Waals surface area (Å²) in [7, 11) is -3.53. The van der Waals surface area contributed by atoms with Gasteiger partial charge in [-0.2, -0.15) is 0 Å². The van der Waals surface area contributed by atoms with E-state index in [4.69, 9.17) is 5.73 Å². The van der Waals surface area contributed by atoms with Crippen LogP contribution in [0.3, 0.4) is 0 Å². The zero-order valence-electron chi connectivity index (χ0n) is 14.3. The molecular formula is C17H21N5O3S. The molecular weight excluding hydrogens is 354 g/mol. The van der Waals surface area contributed by atoms with Gasteiger partial charge in [0.1, 0.15) is 0 Å². The zero-order valence-corrected chi connectivity index (χ0v) is 15.2. The van der Waals surface area contributed by atoms with Gasteiger partial charge in [0.05, 0.1) is 4.90 Å². The Morgan fingerprint density at radius 1 is 1.15 bits per heavy atom. The average molecular weight is 375 g/mol. The first-order chi connectivity index (χ1) is 12.4. The fraction of sp³-hybridized carbons (Fsp3) is 0.235. The third-order valence-electron chi connectivity index (χ3n) is 3.40. The Balaban J connectivity index is 1.70. The monoisotopic (exact) mass is 375 g/mol. The van der Waals surface area contributed by atoms with E-state index in [0.29, 0.717) is 18.5 Å².